The zero-order valence-corrected chi connectivity index (χ0v) is 20.9. The van der Waals surface area contributed by atoms with Crippen molar-refractivity contribution in [1.29, 1.82) is 0 Å². The Hall–Kier alpha value is -2.73. The standard InChI is InChI=1S/C20H24BrN6O6P/c1-11(19(28)29)26-34(30,33-15-5-3-4-13(21)8-15)32-9-12-6-14(7-12)27-10-23-16-17(27)24-20(22)25-18(16)31-2/h3-5,8,10-12,14H,6-7,9H2,1-2H3,(H,26,30)(H,28,29)(H2,22,24,25). The molecule has 4 rings (SSSR count). The third kappa shape index (κ3) is 5.33. The summed E-state index contributed by atoms with van der Waals surface area (Å²) in [6.45, 7) is 1.49. The number of nitrogens with one attached hydrogen (secondary N) is 1. The lowest BCUT2D eigenvalue weighted by atomic mass is 9.81. The Bertz CT molecular complexity index is 1250. The van der Waals surface area contributed by atoms with Crippen molar-refractivity contribution in [3.63, 3.8) is 0 Å². The fraction of sp³-hybridized carbons (Fsp3) is 0.400. The number of aromatic nitrogens is 4. The number of benzene rings is 1. The number of hydrogen-bond acceptors (Lipinski definition) is 9. The number of methoxy groups -OCH3 is 1. The van der Waals surface area contributed by atoms with E-state index in [-0.39, 0.29) is 30.3 Å². The van der Waals surface area contributed by atoms with Crippen LogP contribution in [0.15, 0.2) is 35.1 Å². The average molecular weight is 555 g/mol. The second-order valence-corrected chi connectivity index (χ2v) is 10.5. The van der Waals surface area contributed by atoms with E-state index in [0.29, 0.717) is 29.9 Å². The molecule has 0 bridgehead atoms. The topological polar surface area (TPSA) is 164 Å². The van der Waals surface area contributed by atoms with Crippen molar-refractivity contribution in [2.45, 2.75) is 31.8 Å². The second-order valence-electron chi connectivity index (χ2n) is 7.94. The summed E-state index contributed by atoms with van der Waals surface area (Å²) in [5.41, 5.74) is 6.89. The fourth-order valence-corrected chi connectivity index (χ4v) is 5.57. The van der Waals surface area contributed by atoms with Crippen molar-refractivity contribution < 1.29 is 28.3 Å². The predicted octanol–water partition coefficient (Wildman–Crippen LogP) is 3.40. The molecule has 12 nitrogen and oxygen atoms in total. The summed E-state index contributed by atoms with van der Waals surface area (Å²) in [7, 11) is -2.47. The molecule has 1 aromatic carbocycles. The van der Waals surface area contributed by atoms with Crippen LogP contribution < -0.4 is 20.1 Å². The maximum absolute atomic E-state index is 13.4. The van der Waals surface area contributed by atoms with Crippen LogP contribution in [0.1, 0.15) is 25.8 Å². The zero-order chi connectivity index (χ0) is 24.5. The molecule has 1 aliphatic rings. The van der Waals surface area contributed by atoms with Gasteiger partial charge in [0.2, 0.25) is 11.8 Å². The van der Waals surface area contributed by atoms with Crippen molar-refractivity contribution in [2.24, 2.45) is 5.92 Å². The molecule has 0 amide bonds. The molecule has 14 heteroatoms. The van der Waals surface area contributed by atoms with Gasteiger partial charge in [0.25, 0.3) is 0 Å². The zero-order valence-electron chi connectivity index (χ0n) is 18.4. The molecule has 34 heavy (non-hydrogen) atoms. The van der Waals surface area contributed by atoms with Gasteiger partial charge < -0.3 is 24.7 Å². The summed E-state index contributed by atoms with van der Waals surface area (Å²) in [6.07, 6.45) is 3.09. The highest BCUT2D eigenvalue weighted by Crippen LogP contribution is 2.48. The molecule has 0 spiro atoms. The van der Waals surface area contributed by atoms with Gasteiger partial charge in [0, 0.05) is 10.5 Å². The summed E-state index contributed by atoms with van der Waals surface area (Å²) >= 11 is 3.33. The van der Waals surface area contributed by atoms with Gasteiger partial charge in [0.15, 0.2) is 11.2 Å². The number of carboxylic acids is 1. The largest absolute Gasteiger partial charge is 0.480 e. The highest BCUT2D eigenvalue weighted by atomic mass is 79.9. The van der Waals surface area contributed by atoms with E-state index in [2.05, 4.69) is 36.0 Å². The smallest absolute Gasteiger partial charge is 0.459 e. The SMILES string of the molecule is COc1nc(N)nc2c1ncn2C1CC(COP(=O)(NC(C)C(=O)O)Oc2cccc(Br)c2)C1. The lowest BCUT2D eigenvalue weighted by Gasteiger charge is -2.36. The van der Waals surface area contributed by atoms with Crippen molar-refractivity contribution in [3.8, 4) is 11.6 Å². The molecule has 1 saturated carbocycles. The first kappa shape index (κ1) is 24.4. The molecular weight excluding hydrogens is 531 g/mol. The van der Waals surface area contributed by atoms with Gasteiger partial charge in [0.05, 0.1) is 20.0 Å². The maximum atomic E-state index is 13.4. The number of halogens is 1. The van der Waals surface area contributed by atoms with Gasteiger partial charge in [-0.2, -0.15) is 15.1 Å². The monoisotopic (exact) mass is 554 g/mol. The highest BCUT2D eigenvalue weighted by molar-refractivity contribution is 9.10. The average Bonchev–Trinajstić information content (AvgIpc) is 3.15. The van der Waals surface area contributed by atoms with Crippen molar-refractivity contribution in [2.75, 3.05) is 19.5 Å². The first-order chi connectivity index (χ1) is 16.2. The Balaban J connectivity index is 1.42. The van der Waals surface area contributed by atoms with Crippen LogP contribution in [-0.4, -0.2) is 50.4 Å². The molecule has 0 saturated heterocycles. The Morgan fingerprint density at radius 1 is 1.41 bits per heavy atom. The molecule has 1 aliphatic carbocycles. The van der Waals surface area contributed by atoms with Crippen LogP contribution in [0.4, 0.5) is 5.95 Å². The first-order valence-corrected chi connectivity index (χ1v) is 12.8. The molecular formula is C20H24BrN6O6P. The number of carbonyl (C=O) groups is 1. The maximum Gasteiger partial charge on any atom is 0.459 e. The van der Waals surface area contributed by atoms with E-state index in [1.54, 1.807) is 30.6 Å². The number of aliphatic carboxylic acids is 1. The predicted molar refractivity (Wildman–Crippen MR) is 127 cm³/mol. The molecule has 2 atom stereocenters. The molecule has 2 heterocycles. The lowest BCUT2D eigenvalue weighted by Crippen LogP contribution is -2.35. The summed E-state index contributed by atoms with van der Waals surface area (Å²) in [5.74, 6) is -0.413. The van der Waals surface area contributed by atoms with E-state index in [9.17, 15) is 14.5 Å². The molecule has 182 valence electrons. The summed E-state index contributed by atoms with van der Waals surface area (Å²) in [6, 6.07) is 5.68. The Labute approximate surface area is 203 Å². The van der Waals surface area contributed by atoms with Crippen molar-refractivity contribution in [1.82, 2.24) is 24.6 Å². The number of nitrogens with two attached hydrogens (primary N) is 1. The lowest BCUT2D eigenvalue weighted by molar-refractivity contribution is -0.138. The number of carboxylic acid groups (broad SMARTS) is 1. The number of nitrogens with zero attached hydrogens (tertiary/aromatic N) is 4. The minimum absolute atomic E-state index is 0.0740. The van der Waals surface area contributed by atoms with Crippen LogP contribution in [0, 0.1) is 5.92 Å². The van der Waals surface area contributed by atoms with Crippen LogP contribution in [0.3, 0.4) is 0 Å². The normalized spacial score (nSPS) is 20.3. The Morgan fingerprint density at radius 2 is 2.18 bits per heavy atom. The molecule has 3 aromatic rings. The van der Waals surface area contributed by atoms with Crippen molar-refractivity contribution in [3.05, 3.63) is 35.1 Å². The van der Waals surface area contributed by atoms with E-state index in [1.807, 2.05) is 4.57 Å². The fourth-order valence-electron chi connectivity index (χ4n) is 3.63. The third-order valence-electron chi connectivity index (χ3n) is 5.43. The van der Waals surface area contributed by atoms with E-state index in [0.717, 1.165) is 4.47 Å². The van der Waals surface area contributed by atoms with Gasteiger partial charge in [-0.3, -0.25) is 9.32 Å². The number of hydrogen-bond donors (Lipinski definition) is 3. The molecule has 2 unspecified atom stereocenters. The molecule has 4 N–H and O–H groups in total. The quantitative estimate of drug-likeness (QED) is 0.314. The van der Waals surface area contributed by atoms with Crippen LogP contribution in [-0.2, 0) is 13.9 Å². The molecule has 1 fully saturated rings. The summed E-state index contributed by atoms with van der Waals surface area (Å²) < 4.78 is 32.5. The van der Waals surface area contributed by atoms with E-state index in [1.165, 1.54) is 14.0 Å². The number of rotatable bonds is 10. The highest BCUT2D eigenvalue weighted by Gasteiger charge is 2.37. The first-order valence-electron chi connectivity index (χ1n) is 10.4. The minimum Gasteiger partial charge on any atom is -0.480 e. The van der Waals surface area contributed by atoms with Gasteiger partial charge in [-0.15, -0.1) is 0 Å². The van der Waals surface area contributed by atoms with Gasteiger partial charge in [0.1, 0.15) is 11.8 Å². The second kappa shape index (κ2) is 9.87. The van der Waals surface area contributed by atoms with Crippen LogP contribution >= 0.6 is 23.7 Å². The Kier molecular flexibility index (Phi) is 7.08. The van der Waals surface area contributed by atoms with E-state index < -0.39 is 19.8 Å². The van der Waals surface area contributed by atoms with Gasteiger partial charge in [-0.1, -0.05) is 22.0 Å². The molecule has 0 aliphatic heterocycles. The summed E-state index contributed by atoms with van der Waals surface area (Å²) in [4.78, 5) is 24.0. The van der Waals surface area contributed by atoms with Gasteiger partial charge in [-0.25, -0.2) is 9.55 Å². The number of ether oxygens (including phenoxy) is 1. The van der Waals surface area contributed by atoms with Gasteiger partial charge in [-0.05, 0) is 43.9 Å². The third-order valence-corrected chi connectivity index (χ3v) is 7.57. The number of fused-ring (bicyclic) bond motifs is 1. The minimum atomic E-state index is -3.96. The van der Waals surface area contributed by atoms with E-state index in [4.69, 9.17) is 19.5 Å². The summed E-state index contributed by atoms with van der Waals surface area (Å²) in [5, 5.41) is 11.7. The number of nitrogen functional groups attached to an aromatic ring is 1. The Morgan fingerprint density at radius 3 is 2.85 bits per heavy atom. The van der Waals surface area contributed by atoms with Gasteiger partial charge >= 0.3 is 13.7 Å². The van der Waals surface area contributed by atoms with E-state index >= 15 is 0 Å². The molecule has 0 radical (unpaired) electrons. The number of anilines is 1. The van der Waals surface area contributed by atoms with Crippen molar-refractivity contribution >= 4 is 46.8 Å². The molecule has 2 aromatic heterocycles. The van der Waals surface area contributed by atoms with Crippen LogP contribution in [0.25, 0.3) is 11.2 Å². The van der Waals surface area contributed by atoms with Crippen LogP contribution in [0.2, 0.25) is 0 Å². The van der Waals surface area contributed by atoms with Crippen LogP contribution in [0.5, 0.6) is 11.6 Å². The number of imidazole rings is 1.